The normalized spacial score (nSPS) is 12.2. The molecule has 0 radical (unpaired) electrons. The van der Waals surface area contributed by atoms with E-state index < -0.39 is 17.7 Å². The highest BCUT2D eigenvalue weighted by atomic mass is 35.5. The van der Waals surface area contributed by atoms with Crippen molar-refractivity contribution < 1.29 is 14.3 Å². The Balaban J connectivity index is 2.35. The van der Waals surface area contributed by atoms with Gasteiger partial charge in [-0.3, -0.25) is 4.79 Å². The predicted octanol–water partition coefficient (Wildman–Crippen LogP) is 4.20. The lowest BCUT2D eigenvalue weighted by atomic mass is 9.91. The molecule has 0 aromatic heterocycles. The summed E-state index contributed by atoms with van der Waals surface area (Å²) < 4.78 is 13.3. The van der Waals surface area contributed by atoms with Gasteiger partial charge in [0.25, 0.3) is 0 Å². The first kappa shape index (κ1) is 14.5. The Kier molecular flexibility index (Phi) is 4.40. The standard InChI is InChI=1S/C16H14ClFO2/c1-10-3-2-4-11(7-10)14(16(19)20)9-12-8-13(18)5-6-15(12)17/h2-8,14H,9H2,1H3,(H,19,20). The molecule has 0 bridgehead atoms. The second-order valence-electron chi connectivity index (χ2n) is 4.74. The van der Waals surface area contributed by atoms with E-state index in [1.54, 1.807) is 6.07 Å². The number of halogens is 2. The summed E-state index contributed by atoms with van der Waals surface area (Å²) in [7, 11) is 0. The molecular formula is C16H14ClFO2. The molecule has 0 saturated carbocycles. The van der Waals surface area contributed by atoms with Crippen LogP contribution in [0, 0.1) is 12.7 Å². The van der Waals surface area contributed by atoms with Crippen LogP contribution in [0.1, 0.15) is 22.6 Å². The van der Waals surface area contributed by atoms with Gasteiger partial charge in [0.1, 0.15) is 5.82 Å². The van der Waals surface area contributed by atoms with Crippen molar-refractivity contribution in [3.8, 4) is 0 Å². The zero-order valence-corrected chi connectivity index (χ0v) is 11.7. The van der Waals surface area contributed by atoms with Crippen LogP contribution >= 0.6 is 11.6 Å². The van der Waals surface area contributed by atoms with E-state index in [2.05, 4.69) is 0 Å². The van der Waals surface area contributed by atoms with E-state index in [0.717, 1.165) is 5.56 Å². The number of hydrogen-bond donors (Lipinski definition) is 1. The summed E-state index contributed by atoms with van der Waals surface area (Å²) in [6, 6.07) is 11.3. The second kappa shape index (κ2) is 6.06. The van der Waals surface area contributed by atoms with Gasteiger partial charge in [-0.2, -0.15) is 0 Å². The van der Waals surface area contributed by atoms with Gasteiger partial charge < -0.3 is 5.11 Å². The van der Waals surface area contributed by atoms with Crippen LogP contribution < -0.4 is 0 Å². The number of hydrogen-bond acceptors (Lipinski definition) is 1. The van der Waals surface area contributed by atoms with Gasteiger partial charge in [-0.25, -0.2) is 4.39 Å². The first-order valence-electron chi connectivity index (χ1n) is 6.20. The van der Waals surface area contributed by atoms with Crippen molar-refractivity contribution in [3.05, 3.63) is 70.0 Å². The molecule has 20 heavy (non-hydrogen) atoms. The number of carboxylic acids is 1. The summed E-state index contributed by atoms with van der Waals surface area (Å²) in [6.45, 7) is 1.90. The lowest BCUT2D eigenvalue weighted by Crippen LogP contribution is -2.15. The summed E-state index contributed by atoms with van der Waals surface area (Å²) in [6.07, 6.45) is 0.162. The Morgan fingerprint density at radius 3 is 2.70 bits per heavy atom. The lowest BCUT2D eigenvalue weighted by molar-refractivity contribution is -0.138. The van der Waals surface area contributed by atoms with Crippen molar-refractivity contribution in [1.29, 1.82) is 0 Å². The molecule has 0 fully saturated rings. The third-order valence-electron chi connectivity index (χ3n) is 3.17. The molecule has 0 aliphatic rings. The Morgan fingerprint density at radius 2 is 2.05 bits per heavy atom. The van der Waals surface area contributed by atoms with Crippen LogP contribution in [0.25, 0.3) is 0 Å². The summed E-state index contributed by atoms with van der Waals surface area (Å²) in [5, 5.41) is 9.78. The monoisotopic (exact) mass is 292 g/mol. The largest absolute Gasteiger partial charge is 0.481 e. The molecule has 2 aromatic rings. The molecule has 104 valence electrons. The first-order valence-corrected chi connectivity index (χ1v) is 6.58. The van der Waals surface area contributed by atoms with E-state index >= 15 is 0 Å². The molecular weight excluding hydrogens is 279 g/mol. The van der Waals surface area contributed by atoms with E-state index in [4.69, 9.17) is 11.6 Å². The van der Waals surface area contributed by atoms with Crippen molar-refractivity contribution in [2.24, 2.45) is 0 Å². The SMILES string of the molecule is Cc1cccc(C(Cc2cc(F)ccc2Cl)C(=O)O)c1. The molecule has 1 atom stereocenters. The fraction of sp³-hybridized carbons (Fsp3) is 0.188. The number of aliphatic carboxylic acids is 1. The topological polar surface area (TPSA) is 37.3 Å². The molecule has 2 rings (SSSR count). The number of aryl methyl sites for hydroxylation is 1. The van der Waals surface area contributed by atoms with Crippen molar-refractivity contribution >= 4 is 17.6 Å². The van der Waals surface area contributed by atoms with Crippen LogP contribution in [-0.4, -0.2) is 11.1 Å². The third kappa shape index (κ3) is 3.36. The highest BCUT2D eigenvalue weighted by Crippen LogP contribution is 2.26. The zero-order chi connectivity index (χ0) is 14.7. The summed E-state index contributed by atoms with van der Waals surface area (Å²) in [5.74, 6) is -2.11. The van der Waals surface area contributed by atoms with Crippen LogP contribution in [0.2, 0.25) is 5.02 Å². The summed E-state index contributed by atoms with van der Waals surface area (Å²) in [4.78, 5) is 11.5. The Hall–Kier alpha value is -1.87. The molecule has 2 nitrogen and oxygen atoms in total. The average Bonchev–Trinajstić information content (AvgIpc) is 2.39. The molecule has 1 unspecified atom stereocenters. The van der Waals surface area contributed by atoms with Crippen LogP contribution in [-0.2, 0) is 11.2 Å². The molecule has 0 spiro atoms. The number of carbonyl (C=O) groups is 1. The van der Waals surface area contributed by atoms with Crippen LogP contribution in [0.15, 0.2) is 42.5 Å². The minimum atomic E-state index is -0.948. The van der Waals surface area contributed by atoms with Crippen molar-refractivity contribution in [1.82, 2.24) is 0 Å². The molecule has 2 aromatic carbocycles. The van der Waals surface area contributed by atoms with Crippen molar-refractivity contribution in [2.75, 3.05) is 0 Å². The van der Waals surface area contributed by atoms with Crippen LogP contribution in [0.5, 0.6) is 0 Å². The maximum atomic E-state index is 13.3. The predicted molar refractivity (Wildman–Crippen MR) is 76.7 cm³/mol. The van der Waals surface area contributed by atoms with Crippen molar-refractivity contribution in [3.63, 3.8) is 0 Å². The van der Waals surface area contributed by atoms with E-state index in [1.807, 2.05) is 25.1 Å². The highest BCUT2D eigenvalue weighted by molar-refractivity contribution is 6.31. The van der Waals surface area contributed by atoms with Crippen LogP contribution in [0.3, 0.4) is 0 Å². The van der Waals surface area contributed by atoms with E-state index in [-0.39, 0.29) is 6.42 Å². The Labute approximate surface area is 121 Å². The minimum Gasteiger partial charge on any atom is -0.481 e. The summed E-state index contributed by atoms with van der Waals surface area (Å²) in [5.41, 5.74) is 2.18. The molecule has 1 N–H and O–H groups in total. The van der Waals surface area contributed by atoms with Crippen molar-refractivity contribution in [2.45, 2.75) is 19.3 Å². The van der Waals surface area contributed by atoms with E-state index in [0.29, 0.717) is 16.1 Å². The maximum Gasteiger partial charge on any atom is 0.311 e. The molecule has 0 aliphatic heterocycles. The number of rotatable bonds is 4. The van der Waals surface area contributed by atoms with Gasteiger partial charge in [-0.1, -0.05) is 41.4 Å². The summed E-state index contributed by atoms with van der Waals surface area (Å²) >= 11 is 6.00. The maximum absolute atomic E-state index is 13.3. The van der Waals surface area contributed by atoms with E-state index in [9.17, 15) is 14.3 Å². The van der Waals surface area contributed by atoms with Gasteiger partial charge in [0.15, 0.2) is 0 Å². The molecule has 4 heteroatoms. The fourth-order valence-electron chi connectivity index (χ4n) is 2.15. The zero-order valence-electron chi connectivity index (χ0n) is 10.9. The Bertz CT molecular complexity index is 640. The smallest absolute Gasteiger partial charge is 0.311 e. The van der Waals surface area contributed by atoms with Gasteiger partial charge in [-0.15, -0.1) is 0 Å². The van der Waals surface area contributed by atoms with Gasteiger partial charge in [-0.05, 0) is 42.7 Å². The van der Waals surface area contributed by atoms with Gasteiger partial charge in [0.05, 0.1) is 5.92 Å². The number of benzene rings is 2. The molecule has 0 amide bonds. The Morgan fingerprint density at radius 1 is 1.30 bits per heavy atom. The number of carboxylic acid groups (broad SMARTS) is 1. The highest BCUT2D eigenvalue weighted by Gasteiger charge is 2.21. The van der Waals surface area contributed by atoms with E-state index in [1.165, 1.54) is 18.2 Å². The molecule has 0 saturated heterocycles. The minimum absolute atomic E-state index is 0.162. The van der Waals surface area contributed by atoms with Crippen LogP contribution in [0.4, 0.5) is 4.39 Å². The molecule has 0 heterocycles. The third-order valence-corrected chi connectivity index (χ3v) is 3.54. The van der Waals surface area contributed by atoms with Gasteiger partial charge in [0, 0.05) is 5.02 Å². The lowest BCUT2D eigenvalue weighted by Gasteiger charge is -2.14. The fourth-order valence-corrected chi connectivity index (χ4v) is 2.35. The van der Waals surface area contributed by atoms with Gasteiger partial charge in [0.2, 0.25) is 0 Å². The van der Waals surface area contributed by atoms with Gasteiger partial charge >= 0.3 is 5.97 Å². The quantitative estimate of drug-likeness (QED) is 0.917. The molecule has 0 aliphatic carbocycles. The average molecular weight is 293 g/mol. The second-order valence-corrected chi connectivity index (χ2v) is 5.15. The first-order chi connectivity index (χ1) is 9.47.